The minimum absolute atomic E-state index is 0.0214. The van der Waals surface area contributed by atoms with Crippen LogP contribution < -0.4 is 5.32 Å². The highest BCUT2D eigenvalue weighted by Crippen LogP contribution is 2.37. The molecule has 1 amide bonds. The molecule has 1 fully saturated rings. The van der Waals surface area contributed by atoms with Crippen molar-refractivity contribution < 1.29 is 31.1 Å². The number of alkyl halides is 6. The van der Waals surface area contributed by atoms with Crippen LogP contribution in [-0.4, -0.2) is 34.4 Å². The summed E-state index contributed by atoms with van der Waals surface area (Å²) in [6.45, 7) is 0.727. The van der Waals surface area contributed by atoms with E-state index >= 15 is 0 Å². The first-order chi connectivity index (χ1) is 19.5. The molecular weight excluding hydrogens is 544 g/mol. The van der Waals surface area contributed by atoms with Gasteiger partial charge in [-0.15, -0.1) is 0 Å². The summed E-state index contributed by atoms with van der Waals surface area (Å²) in [5, 5.41) is 4.55. The lowest BCUT2D eigenvalue weighted by Crippen LogP contribution is -2.51. The van der Waals surface area contributed by atoms with Crippen molar-refractivity contribution in [2.45, 2.75) is 50.2 Å². The Kier molecular flexibility index (Phi) is 8.04. The van der Waals surface area contributed by atoms with Crippen molar-refractivity contribution in [2.24, 2.45) is 0 Å². The number of hydrogen-bond donors (Lipinski definition) is 1. The molecule has 0 bridgehead atoms. The van der Waals surface area contributed by atoms with E-state index < -0.39 is 41.0 Å². The standard InChI is InChI=1S/C31H27F6N3O/c32-30(33,34)23-15-22(16-24(17-23)31(35,36)37)29(41)40-13-11-25(18-26(40)14-20-6-2-1-3-7-20)39-19-21-10-12-38-28-9-5-4-8-27(21)28/h1-10,12,15-17,25-26,39H,11,13-14,18-19H2/t25-,26+/m0/s1. The maximum Gasteiger partial charge on any atom is 0.416 e. The van der Waals surface area contributed by atoms with Crippen LogP contribution in [0.25, 0.3) is 10.9 Å². The summed E-state index contributed by atoms with van der Waals surface area (Å²) < 4.78 is 80.8. The van der Waals surface area contributed by atoms with Gasteiger partial charge in [-0.3, -0.25) is 9.78 Å². The van der Waals surface area contributed by atoms with Gasteiger partial charge >= 0.3 is 12.4 Å². The van der Waals surface area contributed by atoms with Crippen LogP contribution in [0.3, 0.4) is 0 Å². The average molecular weight is 572 g/mol. The Balaban J connectivity index is 1.40. The quantitative estimate of drug-likeness (QED) is 0.248. The molecule has 1 saturated heterocycles. The molecule has 0 aliphatic carbocycles. The molecule has 4 aromatic rings. The van der Waals surface area contributed by atoms with Gasteiger partial charge in [-0.25, -0.2) is 0 Å². The van der Waals surface area contributed by atoms with Gasteiger partial charge < -0.3 is 10.2 Å². The van der Waals surface area contributed by atoms with Gasteiger partial charge in [-0.05, 0) is 60.7 Å². The number of halogens is 6. The van der Waals surface area contributed by atoms with Crippen molar-refractivity contribution in [3.63, 3.8) is 0 Å². The lowest BCUT2D eigenvalue weighted by Gasteiger charge is -2.40. The number of para-hydroxylation sites is 1. The predicted octanol–water partition coefficient (Wildman–Crippen LogP) is 7.28. The van der Waals surface area contributed by atoms with Crippen LogP contribution in [0.4, 0.5) is 26.3 Å². The smallest absolute Gasteiger partial charge is 0.335 e. The van der Waals surface area contributed by atoms with E-state index in [1.54, 1.807) is 6.20 Å². The van der Waals surface area contributed by atoms with E-state index in [0.717, 1.165) is 22.0 Å². The van der Waals surface area contributed by atoms with Crippen molar-refractivity contribution >= 4 is 16.8 Å². The molecule has 1 aliphatic rings. The number of likely N-dealkylation sites (tertiary alicyclic amines) is 1. The second-order valence-corrected chi connectivity index (χ2v) is 10.2. The van der Waals surface area contributed by atoms with Gasteiger partial charge in [0.15, 0.2) is 0 Å². The van der Waals surface area contributed by atoms with Crippen LogP contribution in [0.2, 0.25) is 0 Å². The maximum absolute atomic E-state index is 13.6. The van der Waals surface area contributed by atoms with Crippen molar-refractivity contribution in [1.82, 2.24) is 15.2 Å². The highest BCUT2D eigenvalue weighted by molar-refractivity contribution is 5.95. The Hall–Kier alpha value is -3.92. The lowest BCUT2D eigenvalue weighted by molar-refractivity contribution is -0.143. The van der Waals surface area contributed by atoms with Crippen molar-refractivity contribution in [2.75, 3.05) is 6.54 Å². The van der Waals surface area contributed by atoms with Crippen molar-refractivity contribution in [3.05, 3.63) is 113 Å². The van der Waals surface area contributed by atoms with Gasteiger partial charge in [0.05, 0.1) is 16.6 Å². The van der Waals surface area contributed by atoms with Gasteiger partial charge in [0.2, 0.25) is 0 Å². The fourth-order valence-electron chi connectivity index (χ4n) is 5.39. The second-order valence-electron chi connectivity index (χ2n) is 10.2. The van der Waals surface area contributed by atoms with Gasteiger partial charge in [0.1, 0.15) is 0 Å². The molecule has 0 radical (unpaired) electrons. The molecule has 5 rings (SSSR count). The van der Waals surface area contributed by atoms with E-state index in [1.807, 2.05) is 60.7 Å². The number of amides is 1. The number of nitrogens with zero attached hydrogens (tertiary/aromatic N) is 2. The summed E-state index contributed by atoms with van der Waals surface area (Å²) in [5.41, 5.74) is -0.797. The molecule has 214 valence electrons. The maximum atomic E-state index is 13.6. The Bertz CT molecular complexity index is 1480. The molecule has 3 aromatic carbocycles. The Labute approximate surface area is 233 Å². The third-order valence-electron chi connectivity index (χ3n) is 7.45. The van der Waals surface area contributed by atoms with E-state index in [-0.39, 0.29) is 18.7 Å². The van der Waals surface area contributed by atoms with E-state index in [4.69, 9.17) is 0 Å². The number of carbonyl (C=O) groups excluding carboxylic acids is 1. The number of benzene rings is 3. The SMILES string of the molecule is O=C(c1cc(C(F)(F)F)cc(C(F)(F)F)c1)N1CC[C@H](NCc2ccnc3ccccc23)C[C@H]1Cc1ccccc1. The zero-order chi connectivity index (χ0) is 29.2. The molecule has 0 spiro atoms. The third-order valence-corrected chi connectivity index (χ3v) is 7.45. The number of carbonyl (C=O) groups is 1. The summed E-state index contributed by atoms with van der Waals surface area (Å²) in [6, 6.07) is 19.6. The van der Waals surface area contributed by atoms with Crippen LogP contribution in [0, 0.1) is 0 Å². The molecule has 10 heteroatoms. The summed E-state index contributed by atoms with van der Waals surface area (Å²) in [5.74, 6) is -0.846. The number of aromatic nitrogens is 1. The van der Waals surface area contributed by atoms with Gasteiger partial charge in [0.25, 0.3) is 5.91 Å². The summed E-state index contributed by atoms with van der Waals surface area (Å²) >= 11 is 0. The topological polar surface area (TPSA) is 45.2 Å². The van der Waals surface area contributed by atoms with Crippen LogP contribution in [0.1, 0.15) is 45.5 Å². The van der Waals surface area contributed by atoms with E-state index in [0.29, 0.717) is 37.9 Å². The molecule has 2 atom stereocenters. The summed E-state index contributed by atoms with van der Waals surface area (Å²) in [6.07, 6.45) is -6.95. The Morgan fingerprint density at radius 2 is 1.54 bits per heavy atom. The van der Waals surface area contributed by atoms with Gasteiger partial charge in [0, 0.05) is 42.3 Å². The van der Waals surface area contributed by atoms with E-state index in [2.05, 4.69) is 10.3 Å². The second kappa shape index (κ2) is 11.5. The summed E-state index contributed by atoms with van der Waals surface area (Å²) in [7, 11) is 0. The van der Waals surface area contributed by atoms with Crippen molar-refractivity contribution in [1.29, 1.82) is 0 Å². The van der Waals surface area contributed by atoms with Crippen LogP contribution in [0.15, 0.2) is 85.1 Å². The lowest BCUT2D eigenvalue weighted by atomic mass is 9.91. The number of hydrogen-bond acceptors (Lipinski definition) is 3. The Morgan fingerprint density at radius 1 is 0.878 bits per heavy atom. The molecule has 0 saturated carbocycles. The number of pyridine rings is 1. The molecule has 1 N–H and O–H groups in total. The van der Waals surface area contributed by atoms with Gasteiger partial charge in [-0.1, -0.05) is 48.5 Å². The Morgan fingerprint density at radius 3 is 2.22 bits per heavy atom. The highest BCUT2D eigenvalue weighted by atomic mass is 19.4. The summed E-state index contributed by atoms with van der Waals surface area (Å²) in [4.78, 5) is 19.4. The third kappa shape index (κ3) is 6.70. The molecule has 1 aromatic heterocycles. The number of rotatable bonds is 6. The number of piperidine rings is 1. The monoisotopic (exact) mass is 571 g/mol. The molecule has 0 unspecified atom stereocenters. The number of nitrogens with one attached hydrogen (secondary N) is 1. The van der Waals surface area contributed by atoms with Crippen LogP contribution in [0.5, 0.6) is 0 Å². The first kappa shape index (κ1) is 28.6. The minimum Gasteiger partial charge on any atom is -0.335 e. The molecule has 2 heterocycles. The normalized spacial score (nSPS) is 18.0. The fourth-order valence-corrected chi connectivity index (χ4v) is 5.39. The molecular formula is C31H27F6N3O. The highest BCUT2D eigenvalue weighted by Gasteiger charge is 2.39. The minimum atomic E-state index is -5.03. The number of fused-ring (bicyclic) bond motifs is 1. The zero-order valence-corrected chi connectivity index (χ0v) is 21.8. The zero-order valence-electron chi connectivity index (χ0n) is 21.8. The van der Waals surface area contributed by atoms with Gasteiger partial charge in [-0.2, -0.15) is 26.3 Å². The van der Waals surface area contributed by atoms with Crippen molar-refractivity contribution in [3.8, 4) is 0 Å². The van der Waals surface area contributed by atoms with Crippen LogP contribution >= 0.6 is 0 Å². The predicted molar refractivity (Wildman–Crippen MR) is 143 cm³/mol. The molecule has 41 heavy (non-hydrogen) atoms. The average Bonchev–Trinajstić information content (AvgIpc) is 2.95. The first-order valence-electron chi connectivity index (χ1n) is 13.2. The molecule has 4 nitrogen and oxygen atoms in total. The fraction of sp³-hybridized carbons (Fsp3) is 0.290. The largest absolute Gasteiger partial charge is 0.416 e. The van der Waals surface area contributed by atoms with E-state index in [9.17, 15) is 31.1 Å². The first-order valence-corrected chi connectivity index (χ1v) is 13.2. The van der Waals surface area contributed by atoms with E-state index in [1.165, 1.54) is 4.90 Å². The van der Waals surface area contributed by atoms with Crippen LogP contribution in [-0.2, 0) is 25.3 Å². The molecule has 1 aliphatic heterocycles.